The fraction of sp³-hybridized carbons (Fsp3) is 0.278. The van der Waals surface area contributed by atoms with E-state index < -0.39 is 22.0 Å². The fourth-order valence-corrected chi connectivity index (χ4v) is 3.68. The molecule has 1 N–H and O–H groups in total. The normalized spacial score (nSPS) is 12.3. The molecule has 0 aromatic heterocycles. The molecule has 2 aromatic carbocycles. The van der Waals surface area contributed by atoms with Crippen molar-refractivity contribution in [2.45, 2.75) is 19.9 Å². The van der Waals surface area contributed by atoms with Gasteiger partial charge in [-0.3, -0.25) is 9.10 Å². The number of benzene rings is 2. The van der Waals surface area contributed by atoms with Crippen LogP contribution in [0.4, 0.5) is 11.4 Å². The van der Waals surface area contributed by atoms with Crippen LogP contribution in [-0.2, 0) is 14.8 Å². The second-order valence-electron chi connectivity index (χ2n) is 5.79. The molecule has 134 valence electrons. The van der Waals surface area contributed by atoms with Crippen LogP contribution in [-0.4, -0.2) is 33.7 Å². The molecule has 0 aliphatic carbocycles. The number of sulfonamides is 1. The zero-order valence-electron chi connectivity index (χ0n) is 14.7. The van der Waals surface area contributed by atoms with Crippen LogP contribution in [0.2, 0.25) is 0 Å². The van der Waals surface area contributed by atoms with Gasteiger partial charge in [-0.1, -0.05) is 12.1 Å². The molecule has 2 rings (SSSR count). The Bertz CT molecular complexity index is 848. The molecule has 0 aliphatic rings. The summed E-state index contributed by atoms with van der Waals surface area (Å²) in [7, 11) is -2.12. The molecule has 0 fully saturated rings. The van der Waals surface area contributed by atoms with E-state index in [4.69, 9.17) is 4.74 Å². The predicted octanol–water partition coefficient (Wildman–Crippen LogP) is 2.80. The number of carbonyl (C=O) groups is 1. The van der Waals surface area contributed by atoms with Crippen molar-refractivity contribution in [3.8, 4) is 5.75 Å². The van der Waals surface area contributed by atoms with Crippen LogP contribution < -0.4 is 14.4 Å². The van der Waals surface area contributed by atoms with E-state index in [1.165, 1.54) is 7.11 Å². The lowest BCUT2D eigenvalue weighted by Gasteiger charge is -2.28. The molecule has 0 saturated carbocycles. The van der Waals surface area contributed by atoms with Gasteiger partial charge in [-0.05, 0) is 55.8 Å². The van der Waals surface area contributed by atoms with Crippen LogP contribution in [0.3, 0.4) is 0 Å². The van der Waals surface area contributed by atoms with Gasteiger partial charge < -0.3 is 10.1 Å². The van der Waals surface area contributed by atoms with Gasteiger partial charge in [0.05, 0.1) is 19.1 Å². The summed E-state index contributed by atoms with van der Waals surface area (Å²) < 4.78 is 30.7. The van der Waals surface area contributed by atoms with E-state index >= 15 is 0 Å². The summed E-state index contributed by atoms with van der Waals surface area (Å²) in [6, 6.07) is 12.9. The number of aryl methyl sites for hydroxylation is 1. The van der Waals surface area contributed by atoms with Gasteiger partial charge in [-0.25, -0.2) is 8.42 Å². The maximum atomic E-state index is 12.6. The standard InChI is InChI=1S/C18H22N2O4S/c1-13-6-5-7-15(12-13)19-18(21)14(2)20(25(4,22)23)16-8-10-17(24-3)11-9-16/h5-12,14H,1-4H3,(H,19,21)/t14-/m0/s1. The van der Waals surface area contributed by atoms with Crippen LogP contribution >= 0.6 is 0 Å². The fourth-order valence-electron chi connectivity index (χ4n) is 2.51. The number of ether oxygens (including phenoxy) is 1. The first kappa shape index (κ1) is 18.8. The third-order valence-corrected chi connectivity index (χ3v) is 4.94. The lowest BCUT2D eigenvalue weighted by Crippen LogP contribution is -2.45. The molecule has 0 unspecified atom stereocenters. The van der Waals surface area contributed by atoms with E-state index in [1.807, 2.05) is 25.1 Å². The zero-order valence-corrected chi connectivity index (χ0v) is 15.5. The number of hydrogen-bond acceptors (Lipinski definition) is 4. The molecule has 0 aliphatic heterocycles. The number of methoxy groups -OCH3 is 1. The number of nitrogens with one attached hydrogen (secondary N) is 1. The first-order chi connectivity index (χ1) is 11.7. The van der Waals surface area contributed by atoms with E-state index in [1.54, 1.807) is 37.3 Å². The monoisotopic (exact) mass is 362 g/mol. The molecular formula is C18H22N2O4S. The summed E-state index contributed by atoms with van der Waals surface area (Å²) in [6.45, 7) is 3.47. The molecule has 0 bridgehead atoms. The van der Waals surface area contributed by atoms with Crippen molar-refractivity contribution in [1.82, 2.24) is 0 Å². The van der Waals surface area contributed by atoms with Gasteiger partial charge in [-0.2, -0.15) is 0 Å². The minimum absolute atomic E-state index is 0.398. The topological polar surface area (TPSA) is 75.7 Å². The molecule has 0 saturated heterocycles. The first-order valence-corrected chi connectivity index (χ1v) is 9.58. The molecule has 0 heterocycles. The molecule has 6 nitrogen and oxygen atoms in total. The first-order valence-electron chi connectivity index (χ1n) is 7.73. The summed E-state index contributed by atoms with van der Waals surface area (Å²) in [5.74, 6) is 0.195. The van der Waals surface area contributed by atoms with Gasteiger partial charge in [0.1, 0.15) is 11.8 Å². The summed E-state index contributed by atoms with van der Waals surface area (Å²) in [5, 5.41) is 2.76. The molecule has 0 radical (unpaired) electrons. The van der Waals surface area contributed by atoms with Gasteiger partial charge in [0, 0.05) is 5.69 Å². The lowest BCUT2D eigenvalue weighted by molar-refractivity contribution is -0.116. The van der Waals surface area contributed by atoms with Crippen molar-refractivity contribution in [1.29, 1.82) is 0 Å². The Morgan fingerprint density at radius 1 is 1.16 bits per heavy atom. The number of carbonyl (C=O) groups excluding carboxylic acids is 1. The molecule has 0 spiro atoms. The Morgan fingerprint density at radius 2 is 1.80 bits per heavy atom. The van der Waals surface area contributed by atoms with Crippen molar-refractivity contribution in [2.75, 3.05) is 23.0 Å². The van der Waals surface area contributed by atoms with E-state index in [2.05, 4.69) is 5.32 Å². The van der Waals surface area contributed by atoms with E-state index in [0.29, 0.717) is 17.1 Å². The Balaban J connectivity index is 2.29. The molecular weight excluding hydrogens is 340 g/mol. The summed E-state index contributed by atoms with van der Waals surface area (Å²) >= 11 is 0. The van der Waals surface area contributed by atoms with Gasteiger partial charge in [-0.15, -0.1) is 0 Å². The number of anilines is 2. The molecule has 7 heteroatoms. The quantitative estimate of drug-likeness (QED) is 0.857. The molecule has 25 heavy (non-hydrogen) atoms. The minimum Gasteiger partial charge on any atom is -0.497 e. The highest BCUT2D eigenvalue weighted by Crippen LogP contribution is 2.24. The van der Waals surface area contributed by atoms with Crippen LogP contribution in [0.5, 0.6) is 5.75 Å². The Labute approximate surface area is 148 Å². The van der Waals surface area contributed by atoms with E-state index in [9.17, 15) is 13.2 Å². The minimum atomic E-state index is -3.65. The summed E-state index contributed by atoms with van der Waals surface area (Å²) in [4.78, 5) is 12.6. The highest BCUT2D eigenvalue weighted by molar-refractivity contribution is 7.92. The molecule has 1 amide bonds. The number of rotatable bonds is 6. The van der Waals surface area contributed by atoms with Crippen molar-refractivity contribution >= 4 is 27.3 Å². The van der Waals surface area contributed by atoms with Crippen molar-refractivity contribution < 1.29 is 17.9 Å². The van der Waals surface area contributed by atoms with Gasteiger partial charge in [0.2, 0.25) is 15.9 Å². The maximum absolute atomic E-state index is 12.6. The van der Waals surface area contributed by atoms with Crippen LogP contribution in [0.15, 0.2) is 48.5 Å². The van der Waals surface area contributed by atoms with Crippen LogP contribution in [0, 0.1) is 6.92 Å². The average Bonchev–Trinajstić information content (AvgIpc) is 2.54. The maximum Gasteiger partial charge on any atom is 0.247 e. The van der Waals surface area contributed by atoms with Crippen LogP contribution in [0.25, 0.3) is 0 Å². The highest BCUT2D eigenvalue weighted by atomic mass is 32.2. The van der Waals surface area contributed by atoms with Crippen molar-refractivity contribution in [2.24, 2.45) is 0 Å². The summed E-state index contributed by atoms with van der Waals surface area (Å²) in [5.41, 5.74) is 2.02. The third kappa shape index (κ3) is 4.73. The van der Waals surface area contributed by atoms with Gasteiger partial charge in [0.25, 0.3) is 0 Å². The molecule has 2 aromatic rings. The second-order valence-corrected chi connectivity index (χ2v) is 7.65. The number of nitrogens with zero attached hydrogens (tertiary/aromatic N) is 1. The van der Waals surface area contributed by atoms with Crippen molar-refractivity contribution in [3.05, 3.63) is 54.1 Å². The average molecular weight is 362 g/mol. The van der Waals surface area contributed by atoms with E-state index in [-0.39, 0.29) is 0 Å². The second kappa shape index (κ2) is 7.57. The molecule has 1 atom stereocenters. The van der Waals surface area contributed by atoms with Gasteiger partial charge >= 0.3 is 0 Å². The van der Waals surface area contributed by atoms with E-state index in [0.717, 1.165) is 16.1 Å². The Kier molecular flexibility index (Phi) is 5.69. The third-order valence-electron chi connectivity index (χ3n) is 3.70. The van der Waals surface area contributed by atoms with Crippen molar-refractivity contribution in [3.63, 3.8) is 0 Å². The summed E-state index contributed by atoms with van der Waals surface area (Å²) in [6.07, 6.45) is 1.08. The lowest BCUT2D eigenvalue weighted by atomic mass is 10.2. The Hall–Kier alpha value is -2.54. The Morgan fingerprint density at radius 3 is 2.32 bits per heavy atom. The smallest absolute Gasteiger partial charge is 0.247 e. The van der Waals surface area contributed by atoms with Gasteiger partial charge in [0.15, 0.2) is 0 Å². The zero-order chi connectivity index (χ0) is 18.6. The number of amides is 1. The van der Waals surface area contributed by atoms with Crippen LogP contribution in [0.1, 0.15) is 12.5 Å². The highest BCUT2D eigenvalue weighted by Gasteiger charge is 2.29. The predicted molar refractivity (Wildman–Crippen MR) is 99.6 cm³/mol. The number of hydrogen-bond donors (Lipinski definition) is 1. The largest absolute Gasteiger partial charge is 0.497 e. The SMILES string of the molecule is COc1ccc(N([C@@H](C)C(=O)Nc2cccc(C)c2)S(C)(=O)=O)cc1.